The number of aromatic nitrogens is 1. The Morgan fingerprint density at radius 2 is 1.88 bits per heavy atom. The molecule has 0 fully saturated rings. The van der Waals surface area contributed by atoms with Gasteiger partial charge in [-0.25, -0.2) is 0 Å². The maximum Gasteiger partial charge on any atom is 0.173 e. The summed E-state index contributed by atoms with van der Waals surface area (Å²) in [5, 5.41) is 5.22. The van der Waals surface area contributed by atoms with Crippen molar-refractivity contribution in [3.63, 3.8) is 0 Å². The van der Waals surface area contributed by atoms with E-state index in [2.05, 4.69) is 47.4 Å². The van der Waals surface area contributed by atoms with Crippen molar-refractivity contribution in [3.05, 3.63) is 60.3 Å². The van der Waals surface area contributed by atoms with Crippen LogP contribution in [0.3, 0.4) is 0 Å². The Kier molecular flexibility index (Phi) is 5.24. The van der Waals surface area contributed by atoms with Gasteiger partial charge in [0.1, 0.15) is 5.75 Å². The Morgan fingerprint density at radius 3 is 2.68 bits per heavy atom. The number of para-hydroxylation sites is 3. The minimum Gasteiger partial charge on any atom is -0.492 e. The molecule has 0 radical (unpaired) electrons. The maximum absolute atomic E-state index is 5.65. The van der Waals surface area contributed by atoms with Gasteiger partial charge in [0, 0.05) is 37.7 Å². The average Bonchev–Trinajstić information content (AvgIpc) is 2.93. The van der Waals surface area contributed by atoms with E-state index in [0.29, 0.717) is 11.7 Å². The Balaban J connectivity index is 1.75. The molecule has 0 saturated heterocycles. The van der Waals surface area contributed by atoms with E-state index < -0.39 is 0 Å². The molecule has 3 aromatic rings. The SMILES string of the molecule is CCOc1ccccc1NC(=S)N(C)Cc1cn(C)c2ccccc12. The molecule has 0 atom stereocenters. The number of anilines is 1. The fraction of sp³-hybridized carbons (Fsp3) is 0.250. The molecular formula is C20H23N3OS. The topological polar surface area (TPSA) is 29.4 Å². The summed E-state index contributed by atoms with van der Waals surface area (Å²) >= 11 is 5.58. The number of nitrogens with one attached hydrogen (secondary N) is 1. The molecule has 1 heterocycles. The van der Waals surface area contributed by atoms with Gasteiger partial charge in [-0.3, -0.25) is 0 Å². The molecule has 4 nitrogen and oxygen atoms in total. The van der Waals surface area contributed by atoms with Crippen LogP contribution in [0.25, 0.3) is 10.9 Å². The molecule has 1 N–H and O–H groups in total. The molecule has 0 unspecified atom stereocenters. The molecule has 0 saturated carbocycles. The Hall–Kier alpha value is -2.53. The molecule has 25 heavy (non-hydrogen) atoms. The lowest BCUT2D eigenvalue weighted by molar-refractivity contribution is 0.342. The van der Waals surface area contributed by atoms with Gasteiger partial charge in [-0.1, -0.05) is 30.3 Å². The van der Waals surface area contributed by atoms with E-state index >= 15 is 0 Å². The van der Waals surface area contributed by atoms with Gasteiger partial charge >= 0.3 is 0 Å². The van der Waals surface area contributed by atoms with Crippen LogP contribution < -0.4 is 10.1 Å². The summed E-state index contributed by atoms with van der Waals surface area (Å²) in [6, 6.07) is 16.3. The van der Waals surface area contributed by atoms with Crippen LogP contribution in [-0.2, 0) is 13.6 Å². The predicted octanol–water partition coefficient (Wildman–Crippen LogP) is 4.41. The lowest BCUT2D eigenvalue weighted by Gasteiger charge is -2.22. The second-order valence-corrected chi connectivity index (χ2v) is 6.38. The van der Waals surface area contributed by atoms with Crippen molar-refractivity contribution < 1.29 is 4.74 Å². The number of hydrogen-bond acceptors (Lipinski definition) is 2. The minimum atomic E-state index is 0.622. The number of nitrogens with zero attached hydrogens (tertiary/aromatic N) is 2. The molecule has 0 aliphatic rings. The van der Waals surface area contributed by atoms with Gasteiger partial charge < -0.3 is 19.5 Å². The molecule has 0 amide bonds. The molecule has 0 bridgehead atoms. The van der Waals surface area contributed by atoms with Crippen molar-refractivity contribution in [2.75, 3.05) is 19.0 Å². The zero-order valence-corrected chi connectivity index (χ0v) is 15.6. The predicted molar refractivity (Wildman–Crippen MR) is 108 cm³/mol. The number of fused-ring (bicyclic) bond motifs is 1. The van der Waals surface area contributed by atoms with Gasteiger partial charge in [-0.2, -0.15) is 0 Å². The van der Waals surface area contributed by atoms with Gasteiger partial charge in [0.15, 0.2) is 5.11 Å². The summed E-state index contributed by atoms with van der Waals surface area (Å²) in [5.41, 5.74) is 3.37. The van der Waals surface area contributed by atoms with E-state index in [9.17, 15) is 0 Å². The third-order valence-electron chi connectivity index (χ3n) is 4.16. The molecule has 1 aromatic heterocycles. The number of rotatable bonds is 5. The smallest absolute Gasteiger partial charge is 0.173 e. The lowest BCUT2D eigenvalue weighted by Crippen LogP contribution is -2.30. The van der Waals surface area contributed by atoms with Gasteiger partial charge in [0.25, 0.3) is 0 Å². The fourth-order valence-electron chi connectivity index (χ4n) is 2.94. The van der Waals surface area contributed by atoms with Crippen molar-refractivity contribution in [3.8, 4) is 5.75 Å². The van der Waals surface area contributed by atoms with Gasteiger partial charge in [-0.05, 0) is 42.9 Å². The van der Waals surface area contributed by atoms with Crippen molar-refractivity contribution >= 4 is 33.9 Å². The number of thiocarbonyl (C=S) groups is 1. The van der Waals surface area contributed by atoms with Crippen LogP contribution in [0.5, 0.6) is 5.75 Å². The summed E-state index contributed by atoms with van der Waals surface area (Å²) in [6.45, 7) is 3.34. The largest absolute Gasteiger partial charge is 0.492 e. The van der Waals surface area contributed by atoms with Crippen molar-refractivity contribution in [2.24, 2.45) is 7.05 Å². The van der Waals surface area contributed by atoms with Crippen LogP contribution in [0, 0.1) is 0 Å². The molecule has 0 aliphatic carbocycles. The fourth-order valence-corrected chi connectivity index (χ4v) is 3.12. The first-order valence-corrected chi connectivity index (χ1v) is 8.78. The summed E-state index contributed by atoms with van der Waals surface area (Å²) in [5.74, 6) is 0.811. The molecule has 0 spiro atoms. The third kappa shape index (κ3) is 3.77. The molecule has 5 heteroatoms. The van der Waals surface area contributed by atoms with E-state index in [1.54, 1.807) is 0 Å². The highest BCUT2D eigenvalue weighted by Gasteiger charge is 2.12. The normalized spacial score (nSPS) is 10.7. The van der Waals surface area contributed by atoms with Crippen LogP contribution in [-0.4, -0.2) is 28.2 Å². The number of ether oxygens (including phenoxy) is 1. The first kappa shape index (κ1) is 17.3. The third-order valence-corrected chi connectivity index (χ3v) is 4.58. The summed E-state index contributed by atoms with van der Waals surface area (Å²) in [4.78, 5) is 2.04. The molecule has 130 valence electrons. The maximum atomic E-state index is 5.65. The van der Waals surface area contributed by atoms with Crippen molar-refractivity contribution in [1.82, 2.24) is 9.47 Å². The van der Waals surface area contributed by atoms with Crippen LogP contribution in [0.15, 0.2) is 54.7 Å². The first-order valence-electron chi connectivity index (χ1n) is 8.37. The molecule has 3 rings (SSSR count). The highest BCUT2D eigenvalue weighted by molar-refractivity contribution is 7.80. The number of aryl methyl sites for hydroxylation is 1. The van der Waals surface area contributed by atoms with Crippen LogP contribution in [0.1, 0.15) is 12.5 Å². The zero-order valence-electron chi connectivity index (χ0n) is 14.8. The van der Waals surface area contributed by atoms with E-state index in [0.717, 1.165) is 18.0 Å². The van der Waals surface area contributed by atoms with E-state index in [4.69, 9.17) is 17.0 Å². The lowest BCUT2D eigenvalue weighted by atomic mass is 10.2. The number of hydrogen-bond donors (Lipinski definition) is 1. The second kappa shape index (κ2) is 7.57. The Labute approximate surface area is 154 Å². The quantitative estimate of drug-likeness (QED) is 0.688. The van der Waals surface area contributed by atoms with E-state index in [1.165, 1.54) is 16.5 Å². The molecule has 2 aromatic carbocycles. The second-order valence-electron chi connectivity index (χ2n) is 6.00. The highest BCUT2D eigenvalue weighted by Crippen LogP contribution is 2.25. The number of benzene rings is 2. The Bertz CT molecular complexity index is 888. The van der Waals surface area contributed by atoms with Crippen LogP contribution in [0.4, 0.5) is 5.69 Å². The monoisotopic (exact) mass is 353 g/mol. The summed E-state index contributed by atoms with van der Waals surface area (Å²) in [7, 11) is 4.07. The van der Waals surface area contributed by atoms with E-state index in [-0.39, 0.29) is 0 Å². The summed E-state index contributed by atoms with van der Waals surface area (Å²) in [6.07, 6.45) is 2.16. The van der Waals surface area contributed by atoms with Crippen LogP contribution >= 0.6 is 12.2 Å². The molecule has 0 aliphatic heterocycles. The molecular weight excluding hydrogens is 330 g/mol. The average molecular weight is 353 g/mol. The zero-order chi connectivity index (χ0) is 17.8. The highest BCUT2D eigenvalue weighted by atomic mass is 32.1. The first-order chi connectivity index (χ1) is 12.1. The van der Waals surface area contributed by atoms with Gasteiger partial charge in [0.05, 0.1) is 12.3 Å². The van der Waals surface area contributed by atoms with Gasteiger partial charge in [0.2, 0.25) is 0 Å². The van der Waals surface area contributed by atoms with Crippen molar-refractivity contribution in [2.45, 2.75) is 13.5 Å². The van der Waals surface area contributed by atoms with Crippen molar-refractivity contribution in [1.29, 1.82) is 0 Å². The minimum absolute atomic E-state index is 0.622. The van der Waals surface area contributed by atoms with E-state index in [1.807, 2.05) is 43.1 Å². The van der Waals surface area contributed by atoms with Crippen LogP contribution in [0.2, 0.25) is 0 Å². The standard InChI is InChI=1S/C20H23N3OS/c1-4-24-19-12-8-6-10-17(19)21-20(25)23(3)14-15-13-22(2)18-11-7-5-9-16(15)18/h5-13H,4,14H2,1-3H3,(H,21,25). The van der Waals surface area contributed by atoms with Gasteiger partial charge in [-0.15, -0.1) is 0 Å². The Morgan fingerprint density at radius 1 is 1.16 bits per heavy atom. The summed E-state index contributed by atoms with van der Waals surface area (Å²) < 4.78 is 7.81.